The predicted octanol–water partition coefficient (Wildman–Crippen LogP) is 3.98. The van der Waals surface area contributed by atoms with Crippen LogP contribution in [0.2, 0.25) is 0 Å². The highest BCUT2D eigenvalue weighted by molar-refractivity contribution is 9.10. The Balaban J connectivity index is 2.26. The molecule has 0 aliphatic carbocycles. The van der Waals surface area contributed by atoms with Gasteiger partial charge in [-0.3, -0.25) is 10.1 Å². The van der Waals surface area contributed by atoms with Crippen LogP contribution in [-0.2, 0) is 6.54 Å². The molecule has 7 heteroatoms. The SMILES string of the molecule is N#Cc1ccc(NCc2cc(F)ccc2Br)c([N+](=O)[O-])c1. The van der Waals surface area contributed by atoms with Crippen molar-refractivity contribution in [3.63, 3.8) is 0 Å². The van der Waals surface area contributed by atoms with E-state index in [4.69, 9.17) is 5.26 Å². The molecular formula is C14H9BrFN3O2. The van der Waals surface area contributed by atoms with Crippen molar-refractivity contribution in [3.05, 3.63) is 67.9 Å². The number of benzene rings is 2. The number of hydrogen-bond acceptors (Lipinski definition) is 4. The van der Waals surface area contributed by atoms with E-state index in [0.717, 1.165) is 0 Å². The second-order valence-corrected chi connectivity index (χ2v) is 5.04. The van der Waals surface area contributed by atoms with Crippen LogP contribution in [0.15, 0.2) is 40.9 Å². The topological polar surface area (TPSA) is 79.0 Å². The van der Waals surface area contributed by atoms with Crippen molar-refractivity contribution in [3.8, 4) is 6.07 Å². The van der Waals surface area contributed by atoms with Crippen molar-refractivity contribution in [1.29, 1.82) is 5.26 Å². The van der Waals surface area contributed by atoms with Crippen LogP contribution in [0, 0.1) is 27.3 Å². The lowest BCUT2D eigenvalue weighted by molar-refractivity contribution is -0.384. The second kappa shape index (κ2) is 6.33. The summed E-state index contributed by atoms with van der Waals surface area (Å²) >= 11 is 3.29. The van der Waals surface area contributed by atoms with Crippen molar-refractivity contribution >= 4 is 27.3 Å². The van der Waals surface area contributed by atoms with Gasteiger partial charge in [0.25, 0.3) is 5.69 Å². The van der Waals surface area contributed by atoms with Crippen molar-refractivity contribution < 1.29 is 9.31 Å². The van der Waals surface area contributed by atoms with Gasteiger partial charge in [0.05, 0.1) is 16.6 Å². The van der Waals surface area contributed by atoms with Gasteiger partial charge in [-0.25, -0.2) is 4.39 Å². The molecule has 2 aromatic rings. The van der Waals surface area contributed by atoms with Gasteiger partial charge in [0.15, 0.2) is 0 Å². The molecule has 0 fully saturated rings. The molecule has 0 radical (unpaired) electrons. The molecule has 106 valence electrons. The standard InChI is InChI=1S/C14H9BrFN3O2/c15-12-3-2-11(16)6-10(12)8-18-13-4-1-9(7-17)5-14(13)19(20)21/h1-6,18H,8H2. The van der Waals surface area contributed by atoms with Crippen molar-refractivity contribution in [1.82, 2.24) is 0 Å². The average Bonchev–Trinajstić information content (AvgIpc) is 2.48. The van der Waals surface area contributed by atoms with Gasteiger partial charge in [-0.15, -0.1) is 0 Å². The maximum absolute atomic E-state index is 13.2. The van der Waals surface area contributed by atoms with Crippen LogP contribution in [0.5, 0.6) is 0 Å². The zero-order chi connectivity index (χ0) is 15.4. The highest BCUT2D eigenvalue weighted by Gasteiger charge is 2.14. The lowest BCUT2D eigenvalue weighted by atomic mass is 10.1. The van der Waals surface area contributed by atoms with Crippen molar-refractivity contribution in [2.24, 2.45) is 0 Å². The van der Waals surface area contributed by atoms with Crippen molar-refractivity contribution in [2.75, 3.05) is 5.32 Å². The average molecular weight is 350 g/mol. The molecule has 0 unspecified atom stereocenters. The monoisotopic (exact) mass is 349 g/mol. The number of nitro groups is 1. The molecule has 0 atom stereocenters. The van der Waals surface area contributed by atoms with Crippen LogP contribution in [0.3, 0.4) is 0 Å². The molecule has 2 aromatic carbocycles. The smallest absolute Gasteiger partial charge is 0.293 e. The summed E-state index contributed by atoms with van der Waals surface area (Å²) < 4.78 is 13.9. The molecule has 2 rings (SSSR count). The second-order valence-electron chi connectivity index (χ2n) is 4.19. The first-order valence-electron chi connectivity index (χ1n) is 5.87. The van der Waals surface area contributed by atoms with E-state index < -0.39 is 4.92 Å². The minimum atomic E-state index is -0.566. The molecule has 0 bridgehead atoms. The highest BCUT2D eigenvalue weighted by Crippen LogP contribution is 2.27. The molecule has 0 aliphatic heterocycles. The van der Waals surface area contributed by atoms with Gasteiger partial charge < -0.3 is 5.32 Å². The molecule has 0 aliphatic rings. The number of halogens is 2. The lowest BCUT2D eigenvalue weighted by Crippen LogP contribution is -2.04. The summed E-state index contributed by atoms with van der Waals surface area (Å²) in [5.41, 5.74) is 0.921. The fourth-order valence-corrected chi connectivity index (χ4v) is 2.16. The first-order chi connectivity index (χ1) is 10.0. The summed E-state index contributed by atoms with van der Waals surface area (Å²) in [5, 5.41) is 22.7. The first-order valence-corrected chi connectivity index (χ1v) is 6.67. The summed E-state index contributed by atoms with van der Waals surface area (Å²) in [4.78, 5) is 10.4. The van der Waals surface area contributed by atoms with Crippen LogP contribution >= 0.6 is 15.9 Å². The van der Waals surface area contributed by atoms with E-state index in [1.807, 2.05) is 6.07 Å². The Bertz CT molecular complexity index is 743. The van der Waals surface area contributed by atoms with Gasteiger partial charge in [-0.05, 0) is 35.9 Å². The van der Waals surface area contributed by atoms with Crippen LogP contribution in [0.4, 0.5) is 15.8 Å². The third kappa shape index (κ3) is 3.55. The molecule has 21 heavy (non-hydrogen) atoms. The van der Waals surface area contributed by atoms with Gasteiger partial charge >= 0.3 is 0 Å². The zero-order valence-electron chi connectivity index (χ0n) is 10.6. The third-order valence-corrected chi connectivity index (χ3v) is 3.57. The van der Waals surface area contributed by atoms with Crippen LogP contribution in [-0.4, -0.2) is 4.92 Å². The number of anilines is 1. The predicted molar refractivity (Wildman–Crippen MR) is 79.2 cm³/mol. The fraction of sp³-hybridized carbons (Fsp3) is 0.0714. The molecule has 0 spiro atoms. The van der Waals surface area contributed by atoms with Crippen LogP contribution in [0.1, 0.15) is 11.1 Å². The molecule has 0 saturated carbocycles. The van der Waals surface area contributed by atoms with Crippen LogP contribution < -0.4 is 5.32 Å². The van der Waals surface area contributed by atoms with Crippen molar-refractivity contribution in [2.45, 2.75) is 6.54 Å². The summed E-state index contributed by atoms with van der Waals surface area (Å²) in [6.45, 7) is 0.213. The summed E-state index contributed by atoms with van der Waals surface area (Å²) in [6, 6.07) is 10.2. The van der Waals surface area contributed by atoms with E-state index in [0.29, 0.717) is 10.0 Å². The quantitative estimate of drug-likeness (QED) is 0.668. The molecule has 0 aromatic heterocycles. The third-order valence-electron chi connectivity index (χ3n) is 2.80. The Kier molecular flexibility index (Phi) is 4.50. The van der Waals surface area contributed by atoms with Gasteiger partial charge in [0, 0.05) is 17.1 Å². The normalized spacial score (nSPS) is 9.95. The number of rotatable bonds is 4. The van der Waals surface area contributed by atoms with E-state index >= 15 is 0 Å². The van der Waals surface area contributed by atoms with Gasteiger partial charge in [-0.2, -0.15) is 5.26 Å². The minimum Gasteiger partial charge on any atom is -0.375 e. The Morgan fingerprint density at radius 2 is 2.10 bits per heavy atom. The number of nitrogens with one attached hydrogen (secondary N) is 1. The van der Waals surface area contributed by atoms with E-state index in [9.17, 15) is 14.5 Å². The van der Waals surface area contributed by atoms with E-state index in [1.54, 1.807) is 6.07 Å². The van der Waals surface area contributed by atoms with Gasteiger partial charge in [0.2, 0.25) is 0 Å². The summed E-state index contributed by atoms with van der Waals surface area (Å²) in [7, 11) is 0. The zero-order valence-corrected chi connectivity index (χ0v) is 12.2. The largest absolute Gasteiger partial charge is 0.375 e. The number of nitriles is 1. The highest BCUT2D eigenvalue weighted by atomic mass is 79.9. The Morgan fingerprint density at radius 3 is 2.76 bits per heavy atom. The van der Waals surface area contributed by atoms with E-state index in [1.165, 1.54) is 30.3 Å². The maximum atomic E-state index is 13.2. The Labute approximate surface area is 128 Å². The Morgan fingerprint density at radius 1 is 1.33 bits per heavy atom. The van der Waals surface area contributed by atoms with E-state index in [2.05, 4.69) is 21.2 Å². The van der Waals surface area contributed by atoms with Gasteiger partial charge in [-0.1, -0.05) is 15.9 Å². The van der Waals surface area contributed by atoms with Gasteiger partial charge in [0.1, 0.15) is 11.5 Å². The van der Waals surface area contributed by atoms with Crippen LogP contribution in [0.25, 0.3) is 0 Å². The lowest BCUT2D eigenvalue weighted by Gasteiger charge is -2.09. The first kappa shape index (κ1) is 14.9. The fourth-order valence-electron chi connectivity index (χ4n) is 1.77. The molecule has 1 N–H and O–H groups in total. The summed E-state index contributed by atoms with van der Waals surface area (Å²) in [6.07, 6.45) is 0. The number of nitrogens with zero attached hydrogens (tertiary/aromatic N) is 2. The molecular weight excluding hydrogens is 341 g/mol. The molecule has 0 saturated heterocycles. The number of hydrogen-bond donors (Lipinski definition) is 1. The maximum Gasteiger partial charge on any atom is 0.293 e. The molecule has 5 nitrogen and oxygen atoms in total. The number of nitro benzene ring substituents is 1. The summed E-state index contributed by atoms with van der Waals surface area (Å²) in [5.74, 6) is -0.385. The van der Waals surface area contributed by atoms with E-state index in [-0.39, 0.29) is 29.3 Å². The minimum absolute atomic E-state index is 0.193. The molecule has 0 heterocycles. The molecule has 0 amide bonds. The Hall–Kier alpha value is -2.46.